The van der Waals surface area contributed by atoms with Gasteiger partial charge in [-0.1, -0.05) is 6.42 Å². The van der Waals surface area contributed by atoms with Crippen LogP contribution in [0.4, 0.5) is 5.69 Å². The molecule has 0 spiro atoms. The van der Waals surface area contributed by atoms with Gasteiger partial charge in [0.05, 0.1) is 4.90 Å². The molecule has 1 aromatic carbocycles. The Bertz CT molecular complexity index is 764. The Labute approximate surface area is 143 Å². The minimum Gasteiger partial charge on any atom is -0.309 e. The molecule has 0 radical (unpaired) electrons. The zero-order valence-electron chi connectivity index (χ0n) is 14.1. The molecule has 0 N–H and O–H groups in total. The normalized spacial score (nSPS) is 24.9. The van der Waals surface area contributed by atoms with Crippen LogP contribution in [-0.4, -0.2) is 37.8 Å². The van der Waals surface area contributed by atoms with Crippen molar-refractivity contribution >= 4 is 21.6 Å². The maximum atomic E-state index is 12.7. The Balaban J connectivity index is 1.65. The lowest BCUT2D eigenvalue weighted by Gasteiger charge is -2.32. The van der Waals surface area contributed by atoms with Crippen LogP contribution in [0.1, 0.15) is 44.6 Å². The highest BCUT2D eigenvalue weighted by Gasteiger charge is 2.38. The molecule has 3 aliphatic rings. The van der Waals surface area contributed by atoms with Gasteiger partial charge < -0.3 is 4.90 Å². The average molecular weight is 348 g/mol. The van der Waals surface area contributed by atoms with Crippen molar-refractivity contribution in [2.75, 3.05) is 18.0 Å². The van der Waals surface area contributed by atoms with Gasteiger partial charge in [-0.15, -0.1) is 0 Å². The third kappa shape index (κ3) is 2.47. The van der Waals surface area contributed by atoms with E-state index in [2.05, 4.69) is 0 Å². The van der Waals surface area contributed by atoms with Crippen molar-refractivity contribution in [3.05, 3.63) is 23.8 Å². The summed E-state index contributed by atoms with van der Waals surface area (Å²) in [4.78, 5) is 15.0. The molecule has 1 atom stereocenters. The van der Waals surface area contributed by atoms with Crippen molar-refractivity contribution in [2.45, 2.75) is 56.4 Å². The van der Waals surface area contributed by atoms with E-state index < -0.39 is 10.0 Å². The van der Waals surface area contributed by atoms with Gasteiger partial charge in [0.1, 0.15) is 0 Å². The van der Waals surface area contributed by atoms with E-state index in [0.29, 0.717) is 18.0 Å². The molecule has 6 heteroatoms. The number of sulfonamides is 1. The molecule has 24 heavy (non-hydrogen) atoms. The average Bonchev–Trinajstić information content (AvgIpc) is 3.11. The SMILES string of the molecule is C[C@@H]1Cc2cc(S(=O)(=O)N3CCCC3)ccc2N1C(=O)C1CCC1. The molecule has 130 valence electrons. The van der Waals surface area contributed by atoms with Crippen LogP contribution < -0.4 is 4.90 Å². The maximum absolute atomic E-state index is 12.7. The minimum absolute atomic E-state index is 0.109. The van der Waals surface area contributed by atoms with E-state index in [-0.39, 0.29) is 17.9 Å². The predicted octanol–water partition coefficient (Wildman–Crippen LogP) is 2.55. The van der Waals surface area contributed by atoms with Crippen LogP contribution in [0.2, 0.25) is 0 Å². The number of hydrogen-bond acceptors (Lipinski definition) is 3. The second-order valence-electron chi connectivity index (χ2n) is 7.29. The van der Waals surface area contributed by atoms with E-state index in [1.807, 2.05) is 17.9 Å². The van der Waals surface area contributed by atoms with Crippen molar-refractivity contribution < 1.29 is 13.2 Å². The Morgan fingerprint density at radius 2 is 1.83 bits per heavy atom. The Morgan fingerprint density at radius 1 is 1.12 bits per heavy atom. The Hall–Kier alpha value is -1.40. The number of benzene rings is 1. The summed E-state index contributed by atoms with van der Waals surface area (Å²) in [5.41, 5.74) is 1.88. The summed E-state index contributed by atoms with van der Waals surface area (Å²) in [6.07, 6.45) is 5.71. The zero-order valence-corrected chi connectivity index (χ0v) is 14.9. The molecule has 1 saturated carbocycles. The number of hydrogen-bond donors (Lipinski definition) is 0. The lowest BCUT2D eigenvalue weighted by Crippen LogP contribution is -2.42. The second kappa shape index (κ2) is 5.85. The number of anilines is 1. The molecule has 0 unspecified atom stereocenters. The number of carbonyl (C=O) groups is 1. The summed E-state index contributed by atoms with van der Waals surface area (Å²) < 4.78 is 27.1. The fraction of sp³-hybridized carbons (Fsp3) is 0.611. The molecular formula is C18H24N2O3S. The molecule has 0 aromatic heterocycles. The van der Waals surface area contributed by atoms with Crippen LogP contribution in [0.5, 0.6) is 0 Å². The topological polar surface area (TPSA) is 57.7 Å². The standard InChI is InChI=1S/C18H24N2O3S/c1-13-11-15-12-16(24(22,23)19-9-2-3-10-19)7-8-17(15)20(13)18(21)14-5-4-6-14/h7-8,12-14H,2-6,9-11H2,1H3/t13-/m1/s1. The lowest BCUT2D eigenvalue weighted by molar-refractivity contribution is -0.125. The van der Waals surface area contributed by atoms with Crippen molar-refractivity contribution in [1.82, 2.24) is 4.31 Å². The fourth-order valence-electron chi connectivity index (χ4n) is 4.03. The van der Waals surface area contributed by atoms with E-state index in [1.165, 1.54) is 0 Å². The van der Waals surface area contributed by atoms with Crippen molar-refractivity contribution in [2.24, 2.45) is 5.92 Å². The van der Waals surface area contributed by atoms with Crippen molar-refractivity contribution in [3.63, 3.8) is 0 Å². The molecule has 1 aromatic rings. The van der Waals surface area contributed by atoms with Gasteiger partial charge in [0.15, 0.2) is 0 Å². The summed E-state index contributed by atoms with van der Waals surface area (Å²) in [7, 11) is -3.40. The van der Waals surface area contributed by atoms with Gasteiger partial charge >= 0.3 is 0 Å². The zero-order chi connectivity index (χ0) is 16.9. The highest BCUT2D eigenvalue weighted by atomic mass is 32.2. The summed E-state index contributed by atoms with van der Waals surface area (Å²) in [6, 6.07) is 5.40. The van der Waals surface area contributed by atoms with Gasteiger partial charge in [-0.2, -0.15) is 4.31 Å². The van der Waals surface area contributed by atoms with Gasteiger partial charge in [-0.3, -0.25) is 4.79 Å². The molecule has 4 rings (SSSR count). The summed E-state index contributed by atoms with van der Waals surface area (Å²) >= 11 is 0. The predicted molar refractivity (Wildman–Crippen MR) is 92.4 cm³/mol. The number of fused-ring (bicyclic) bond motifs is 1. The van der Waals surface area contributed by atoms with Gasteiger partial charge in [-0.05, 0) is 62.8 Å². The first-order valence-electron chi connectivity index (χ1n) is 8.94. The molecule has 1 amide bonds. The van der Waals surface area contributed by atoms with E-state index in [1.54, 1.807) is 16.4 Å². The van der Waals surface area contributed by atoms with E-state index >= 15 is 0 Å². The van der Waals surface area contributed by atoms with E-state index in [0.717, 1.165) is 49.8 Å². The van der Waals surface area contributed by atoms with Gasteiger partial charge in [0.2, 0.25) is 15.9 Å². The molecule has 2 aliphatic heterocycles. The van der Waals surface area contributed by atoms with Crippen LogP contribution in [0.25, 0.3) is 0 Å². The summed E-state index contributed by atoms with van der Waals surface area (Å²) in [5, 5.41) is 0. The fourth-order valence-corrected chi connectivity index (χ4v) is 5.60. The Morgan fingerprint density at radius 3 is 2.46 bits per heavy atom. The quantitative estimate of drug-likeness (QED) is 0.843. The number of rotatable bonds is 3. The largest absolute Gasteiger partial charge is 0.309 e. The first-order valence-corrected chi connectivity index (χ1v) is 10.4. The first kappa shape index (κ1) is 16.1. The molecular weight excluding hydrogens is 324 g/mol. The summed E-state index contributed by atoms with van der Waals surface area (Å²) in [5.74, 6) is 0.369. The lowest BCUT2D eigenvalue weighted by atomic mass is 9.84. The van der Waals surface area contributed by atoms with E-state index in [9.17, 15) is 13.2 Å². The van der Waals surface area contributed by atoms with Crippen molar-refractivity contribution in [3.8, 4) is 0 Å². The van der Waals surface area contributed by atoms with Crippen LogP contribution in [0.3, 0.4) is 0 Å². The molecule has 0 bridgehead atoms. The number of carbonyl (C=O) groups excluding carboxylic acids is 1. The minimum atomic E-state index is -3.40. The highest BCUT2D eigenvalue weighted by Crippen LogP contribution is 2.38. The first-order chi connectivity index (χ1) is 11.5. The van der Waals surface area contributed by atoms with Crippen molar-refractivity contribution in [1.29, 1.82) is 0 Å². The third-order valence-electron chi connectivity index (χ3n) is 5.66. The molecule has 1 aliphatic carbocycles. The summed E-state index contributed by atoms with van der Waals surface area (Å²) in [6.45, 7) is 3.27. The number of nitrogens with zero attached hydrogens (tertiary/aromatic N) is 2. The number of amides is 1. The van der Waals surface area contributed by atoms with Crippen LogP contribution >= 0.6 is 0 Å². The molecule has 2 heterocycles. The van der Waals surface area contributed by atoms with Gasteiger partial charge in [0.25, 0.3) is 0 Å². The van der Waals surface area contributed by atoms with Crippen LogP contribution in [-0.2, 0) is 21.2 Å². The second-order valence-corrected chi connectivity index (χ2v) is 9.23. The van der Waals surface area contributed by atoms with Crippen LogP contribution in [0, 0.1) is 5.92 Å². The van der Waals surface area contributed by atoms with Gasteiger partial charge in [0, 0.05) is 30.7 Å². The Kier molecular flexibility index (Phi) is 3.92. The van der Waals surface area contributed by atoms with E-state index in [4.69, 9.17) is 0 Å². The maximum Gasteiger partial charge on any atom is 0.243 e. The highest BCUT2D eigenvalue weighted by molar-refractivity contribution is 7.89. The molecule has 5 nitrogen and oxygen atoms in total. The monoisotopic (exact) mass is 348 g/mol. The smallest absolute Gasteiger partial charge is 0.243 e. The third-order valence-corrected chi connectivity index (χ3v) is 7.56. The van der Waals surface area contributed by atoms with Gasteiger partial charge in [-0.25, -0.2) is 8.42 Å². The molecule has 1 saturated heterocycles. The molecule has 2 fully saturated rings. The van der Waals surface area contributed by atoms with Crippen LogP contribution in [0.15, 0.2) is 23.1 Å².